The average molecular weight is 333 g/mol. The fourth-order valence-corrected chi connectivity index (χ4v) is 1.96. The zero-order valence-electron chi connectivity index (χ0n) is 12.1. The van der Waals surface area contributed by atoms with Crippen molar-refractivity contribution in [3.8, 4) is 0 Å². The number of benzene rings is 2. The van der Waals surface area contributed by atoms with Crippen molar-refractivity contribution in [2.45, 2.75) is 6.42 Å². The van der Waals surface area contributed by atoms with E-state index in [1.54, 1.807) is 12.1 Å². The van der Waals surface area contributed by atoms with Crippen molar-refractivity contribution >= 4 is 11.9 Å². The van der Waals surface area contributed by atoms with E-state index in [4.69, 9.17) is 4.42 Å². The maximum absolute atomic E-state index is 13.1. The summed E-state index contributed by atoms with van der Waals surface area (Å²) in [6, 6.07) is 8.30. The molecular formula is C16H10F3N3O2. The number of hydrogen-bond donors (Lipinski definition) is 1. The van der Waals surface area contributed by atoms with Crippen LogP contribution in [0.15, 0.2) is 46.9 Å². The van der Waals surface area contributed by atoms with Crippen LogP contribution in [0.2, 0.25) is 0 Å². The largest absolute Gasteiger partial charge is 0.407 e. The predicted octanol–water partition coefficient (Wildman–Crippen LogP) is 3.33. The fraction of sp³-hybridized carbons (Fsp3) is 0.0625. The zero-order chi connectivity index (χ0) is 17.1. The van der Waals surface area contributed by atoms with E-state index in [1.165, 1.54) is 12.1 Å². The Labute approximate surface area is 134 Å². The Morgan fingerprint density at radius 1 is 1.00 bits per heavy atom. The van der Waals surface area contributed by atoms with Crippen LogP contribution >= 0.6 is 0 Å². The second-order valence-electron chi connectivity index (χ2n) is 4.89. The highest BCUT2D eigenvalue weighted by Gasteiger charge is 2.14. The molecule has 0 unspecified atom stereocenters. The molecule has 3 aromatic rings. The summed E-state index contributed by atoms with van der Waals surface area (Å²) in [6.45, 7) is 0. The molecule has 5 nitrogen and oxygen atoms in total. The molecule has 3 rings (SSSR count). The molecule has 0 saturated heterocycles. The Balaban J connectivity index is 1.68. The molecule has 0 radical (unpaired) electrons. The number of carbonyl (C=O) groups is 1. The van der Waals surface area contributed by atoms with Crippen LogP contribution in [0, 0.1) is 17.5 Å². The Morgan fingerprint density at radius 2 is 1.75 bits per heavy atom. The lowest BCUT2D eigenvalue weighted by Gasteiger charge is -2.01. The van der Waals surface area contributed by atoms with Crippen molar-refractivity contribution in [1.82, 2.24) is 10.2 Å². The Kier molecular flexibility index (Phi) is 4.28. The third-order valence-corrected chi connectivity index (χ3v) is 3.14. The number of halogens is 3. The first-order valence-electron chi connectivity index (χ1n) is 6.84. The lowest BCUT2D eigenvalue weighted by Crippen LogP contribution is -2.12. The quantitative estimate of drug-likeness (QED) is 0.795. The number of amides is 1. The topological polar surface area (TPSA) is 68.0 Å². The summed E-state index contributed by atoms with van der Waals surface area (Å²) >= 11 is 0. The van der Waals surface area contributed by atoms with Gasteiger partial charge in [-0.2, -0.15) is 0 Å². The molecular weight excluding hydrogens is 323 g/mol. The van der Waals surface area contributed by atoms with Crippen molar-refractivity contribution in [3.63, 3.8) is 0 Å². The van der Waals surface area contributed by atoms with Crippen LogP contribution in [-0.2, 0) is 6.42 Å². The molecule has 122 valence electrons. The molecule has 0 saturated carbocycles. The summed E-state index contributed by atoms with van der Waals surface area (Å²) in [4.78, 5) is 11.9. The number of hydrogen-bond acceptors (Lipinski definition) is 4. The predicted molar refractivity (Wildman–Crippen MR) is 77.8 cm³/mol. The molecule has 0 bridgehead atoms. The normalized spacial score (nSPS) is 10.6. The third-order valence-electron chi connectivity index (χ3n) is 3.14. The zero-order valence-corrected chi connectivity index (χ0v) is 12.1. The number of carbonyl (C=O) groups excluding carboxylic acids is 1. The minimum absolute atomic E-state index is 0.0906. The standard InChI is InChI=1S/C16H10F3N3O2/c17-11-4-1-9(2-5-11)7-14-21-22-16(24-14)20-15(23)10-3-6-12(18)13(19)8-10/h1-6,8H,7H2,(H,20,22,23). The van der Waals surface area contributed by atoms with E-state index in [0.717, 1.165) is 23.8 Å². The number of nitrogens with zero attached hydrogens (tertiary/aromatic N) is 2. The highest BCUT2D eigenvalue weighted by molar-refractivity contribution is 6.03. The Bertz CT molecular complexity index is 879. The van der Waals surface area contributed by atoms with Gasteiger partial charge in [-0.25, -0.2) is 13.2 Å². The number of rotatable bonds is 4. The van der Waals surface area contributed by atoms with Crippen LogP contribution in [0.1, 0.15) is 21.8 Å². The molecule has 0 spiro atoms. The molecule has 2 aromatic carbocycles. The van der Waals surface area contributed by atoms with E-state index in [2.05, 4.69) is 15.5 Å². The number of nitrogens with one attached hydrogen (secondary N) is 1. The van der Waals surface area contributed by atoms with Gasteiger partial charge in [0.25, 0.3) is 5.91 Å². The van der Waals surface area contributed by atoms with Crippen molar-refractivity contribution in [2.75, 3.05) is 5.32 Å². The Morgan fingerprint density at radius 3 is 2.46 bits per heavy atom. The van der Waals surface area contributed by atoms with Crippen LogP contribution in [0.4, 0.5) is 19.2 Å². The summed E-state index contributed by atoms with van der Waals surface area (Å²) in [7, 11) is 0. The molecule has 8 heteroatoms. The molecule has 1 aromatic heterocycles. The number of aromatic nitrogens is 2. The number of anilines is 1. The molecule has 1 N–H and O–H groups in total. The van der Waals surface area contributed by atoms with Gasteiger partial charge in [0.2, 0.25) is 5.89 Å². The second kappa shape index (κ2) is 6.53. The molecule has 1 amide bonds. The lowest BCUT2D eigenvalue weighted by molar-refractivity contribution is 0.102. The highest BCUT2D eigenvalue weighted by atomic mass is 19.2. The fourth-order valence-electron chi connectivity index (χ4n) is 1.96. The van der Waals surface area contributed by atoms with Crippen LogP contribution in [0.25, 0.3) is 0 Å². The molecule has 0 fully saturated rings. The summed E-state index contributed by atoms with van der Waals surface area (Å²) in [5, 5.41) is 9.69. The molecule has 1 heterocycles. The van der Waals surface area contributed by atoms with Gasteiger partial charge in [-0.15, -0.1) is 5.10 Å². The minimum Gasteiger partial charge on any atom is -0.407 e. The van der Waals surface area contributed by atoms with Crippen LogP contribution < -0.4 is 5.32 Å². The van der Waals surface area contributed by atoms with Gasteiger partial charge < -0.3 is 4.42 Å². The molecule has 24 heavy (non-hydrogen) atoms. The molecule has 0 aliphatic rings. The van der Waals surface area contributed by atoms with Crippen molar-refractivity contribution in [1.29, 1.82) is 0 Å². The monoisotopic (exact) mass is 333 g/mol. The first-order chi connectivity index (χ1) is 11.5. The van der Waals surface area contributed by atoms with Crippen molar-refractivity contribution < 1.29 is 22.4 Å². The van der Waals surface area contributed by atoms with Crippen LogP contribution in [0.5, 0.6) is 0 Å². The first-order valence-corrected chi connectivity index (χ1v) is 6.84. The van der Waals surface area contributed by atoms with E-state index in [9.17, 15) is 18.0 Å². The third kappa shape index (κ3) is 3.60. The summed E-state index contributed by atoms with van der Waals surface area (Å²) < 4.78 is 44.1. The van der Waals surface area contributed by atoms with E-state index >= 15 is 0 Å². The van der Waals surface area contributed by atoms with Gasteiger partial charge in [0, 0.05) is 5.56 Å². The molecule has 0 aliphatic heterocycles. The SMILES string of the molecule is O=C(Nc1nnc(Cc2ccc(F)cc2)o1)c1ccc(F)c(F)c1. The van der Waals surface area contributed by atoms with E-state index in [1.807, 2.05) is 0 Å². The van der Waals surface area contributed by atoms with Crippen molar-refractivity contribution in [2.24, 2.45) is 0 Å². The van der Waals surface area contributed by atoms with Gasteiger partial charge in [-0.1, -0.05) is 17.2 Å². The second-order valence-corrected chi connectivity index (χ2v) is 4.89. The van der Waals surface area contributed by atoms with E-state index in [-0.39, 0.29) is 29.7 Å². The summed E-state index contributed by atoms with van der Waals surface area (Å²) in [5.74, 6) is -3.05. The van der Waals surface area contributed by atoms with Gasteiger partial charge in [-0.3, -0.25) is 10.1 Å². The highest BCUT2D eigenvalue weighted by Crippen LogP contribution is 2.14. The van der Waals surface area contributed by atoms with Gasteiger partial charge in [-0.05, 0) is 35.9 Å². The van der Waals surface area contributed by atoms with Gasteiger partial charge in [0.1, 0.15) is 5.82 Å². The molecule has 0 atom stereocenters. The smallest absolute Gasteiger partial charge is 0.322 e. The minimum atomic E-state index is -1.13. The average Bonchev–Trinajstić information content (AvgIpc) is 2.99. The van der Waals surface area contributed by atoms with E-state index < -0.39 is 17.5 Å². The van der Waals surface area contributed by atoms with Crippen LogP contribution in [0.3, 0.4) is 0 Å². The summed E-state index contributed by atoms with van der Waals surface area (Å²) in [6.07, 6.45) is 0.258. The maximum Gasteiger partial charge on any atom is 0.322 e. The van der Waals surface area contributed by atoms with Crippen molar-refractivity contribution in [3.05, 3.63) is 76.9 Å². The molecule has 0 aliphatic carbocycles. The van der Waals surface area contributed by atoms with E-state index in [0.29, 0.717) is 0 Å². The Hall–Kier alpha value is -3.16. The van der Waals surface area contributed by atoms with Gasteiger partial charge >= 0.3 is 6.01 Å². The van der Waals surface area contributed by atoms with Crippen LogP contribution in [-0.4, -0.2) is 16.1 Å². The van der Waals surface area contributed by atoms with Gasteiger partial charge in [0.15, 0.2) is 11.6 Å². The van der Waals surface area contributed by atoms with Gasteiger partial charge in [0.05, 0.1) is 6.42 Å². The lowest BCUT2D eigenvalue weighted by atomic mass is 10.1. The maximum atomic E-state index is 13.1. The summed E-state index contributed by atoms with van der Waals surface area (Å²) in [5.41, 5.74) is 0.658. The first kappa shape index (κ1) is 15.7.